The maximum Gasteiger partial charge on any atom is 0.261 e. The van der Waals surface area contributed by atoms with Crippen molar-refractivity contribution >= 4 is 17.7 Å². The van der Waals surface area contributed by atoms with E-state index in [0.717, 1.165) is 11.1 Å². The van der Waals surface area contributed by atoms with Crippen molar-refractivity contribution < 1.29 is 19.1 Å². The summed E-state index contributed by atoms with van der Waals surface area (Å²) in [6, 6.07) is 4.21. The minimum Gasteiger partial charge on any atom is -0.481 e. The van der Waals surface area contributed by atoms with Gasteiger partial charge >= 0.3 is 0 Å². The number of aryl methyl sites for hydroxylation is 1. The van der Waals surface area contributed by atoms with Crippen LogP contribution in [0.2, 0.25) is 0 Å². The number of carbonyl (C=O) groups excluding carboxylic acids is 3. The number of benzene rings is 1. The van der Waals surface area contributed by atoms with Crippen molar-refractivity contribution in [1.82, 2.24) is 5.32 Å². The van der Waals surface area contributed by atoms with E-state index in [-0.39, 0.29) is 0 Å². The fourth-order valence-electron chi connectivity index (χ4n) is 1.89. The van der Waals surface area contributed by atoms with Crippen LogP contribution in [0.25, 0.3) is 0 Å². The van der Waals surface area contributed by atoms with E-state index in [4.69, 9.17) is 16.2 Å². The Balaban J connectivity index is 2.84. The van der Waals surface area contributed by atoms with Crippen molar-refractivity contribution in [2.45, 2.75) is 45.8 Å². The van der Waals surface area contributed by atoms with Gasteiger partial charge < -0.3 is 21.5 Å². The van der Waals surface area contributed by atoms with Gasteiger partial charge in [-0.25, -0.2) is 0 Å². The Kier molecular flexibility index (Phi) is 6.12. The normalized spacial score (nSPS) is 12.1. The summed E-state index contributed by atoms with van der Waals surface area (Å²) >= 11 is 0. The first-order valence-corrected chi connectivity index (χ1v) is 7.29. The minimum atomic E-state index is -1.56. The number of rotatable bonds is 7. The van der Waals surface area contributed by atoms with E-state index >= 15 is 0 Å². The Hall–Kier alpha value is -2.57. The number of nitrogens with one attached hydrogen (secondary N) is 1. The molecule has 126 valence electrons. The molecule has 1 rings (SSSR count). The largest absolute Gasteiger partial charge is 0.481 e. The van der Waals surface area contributed by atoms with E-state index in [1.807, 2.05) is 25.1 Å². The highest BCUT2D eigenvalue weighted by Gasteiger charge is 2.27. The van der Waals surface area contributed by atoms with Crippen LogP contribution in [0.4, 0.5) is 0 Å². The zero-order valence-corrected chi connectivity index (χ0v) is 13.8. The highest BCUT2D eigenvalue weighted by Crippen LogP contribution is 2.25. The Morgan fingerprint density at radius 2 is 1.65 bits per heavy atom. The van der Waals surface area contributed by atoms with Crippen molar-refractivity contribution in [3.63, 3.8) is 0 Å². The average molecular weight is 321 g/mol. The Morgan fingerprint density at radius 1 is 1.09 bits per heavy atom. The Labute approximate surface area is 135 Å². The molecule has 0 aliphatic rings. The van der Waals surface area contributed by atoms with Gasteiger partial charge in [0.15, 0.2) is 12.1 Å². The second-order valence-electron chi connectivity index (χ2n) is 5.69. The van der Waals surface area contributed by atoms with Crippen LogP contribution in [0.1, 0.15) is 37.8 Å². The summed E-state index contributed by atoms with van der Waals surface area (Å²) in [5.41, 5.74) is 12.0. The SMILES string of the molecule is Cc1ccc(C(C)C)cc1OC(C)C(=O)NC(C(N)=O)C(N)=O. The summed E-state index contributed by atoms with van der Waals surface area (Å²) in [5, 5.41) is 2.18. The second-order valence-corrected chi connectivity index (χ2v) is 5.69. The monoisotopic (exact) mass is 321 g/mol. The molecule has 5 N–H and O–H groups in total. The molecule has 0 aliphatic heterocycles. The van der Waals surface area contributed by atoms with Gasteiger partial charge in [0.25, 0.3) is 5.91 Å². The first kappa shape index (κ1) is 18.5. The molecular formula is C16H23N3O4. The van der Waals surface area contributed by atoms with Gasteiger partial charge in [0, 0.05) is 0 Å². The number of carbonyl (C=O) groups is 3. The van der Waals surface area contributed by atoms with Crippen LogP contribution in [0.5, 0.6) is 5.75 Å². The van der Waals surface area contributed by atoms with Crippen molar-refractivity contribution in [2.75, 3.05) is 0 Å². The van der Waals surface area contributed by atoms with Crippen LogP contribution in [0.15, 0.2) is 18.2 Å². The first-order chi connectivity index (χ1) is 10.6. The van der Waals surface area contributed by atoms with E-state index in [2.05, 4.69) is 19.2 Å². The minimum absolute atomic E-state index is 0.316. The fraction of sp³-hybridized carbons (Fsp3) is 0.438. The van der Waals surface area contributed by atoms with Gasteiger partial charge in [0.2, 0.25) is 11.8 Å². The van der Waals surface area contributed by atoms with E-state index < -0.39 is 29.9 Å². The van der Waals surface area contributed by atoms with Crippen LogP contribution in [0, 0.1) is 6.92 Å². The molecule has 23 heavy (non-hydrogen) atoms. The Morgan fingerprint density at radius 3 is 2.13 bits per heavy atom. The lowest BCUT2D eigenvalue weighted by Gasteiger charge is -2.19. The molecule has 1 atom stereocenters. The number of primary amides is 2. The molecular weight excluding hydrogens is 298 g/mol. The van der Waals surface area contributed by atoms with E-state index in [1.54, 1.807) is 0 Å². The lowest BCUT2D eigenvalue weighted by Crippen LogP contribution is -2.55. The number of nitrogens with two attached hydrogens (primary N) is 2. The predicted octanol–water partition coefficient (Wildman–Crippen LogP) is 0.341. The van der Waals surface area contributed by atoms with Gasteiger partial charge in [-0.3, -0.25) is 14.4 Å². The lowest BCUT2D eigenvalue weighted by molar-refractivity contribution is -0.136. The predicted molar refractivity (Wildman–Crippen MR) is 85.7 cm³/mol. The van der Waals surface area contributed by atoms with Crippen molar-refractivity contribution in [2.24, 2.45) is 11.5 Å². The molecule has 1 aromatic rings. The molecule has 7 heteroatoms. The molecule has 0 bridgehead atoms. The van der Waals surface area contributed by atoms with Crippen LogP contribution >= 0.6 is 0 Å². The summed E-state index contributed by atoms with van der Waals surface area (Å²) in [7, 11) is 0. The first-order valence-electron chi connectivity index (χ1n) is 7.29. The maximum absolute atomic E-state index is 12.0. The third-order valence-corrected chi connectivity index (χ3v) is 3.41. The van der Waals surface area contributed by atoms with Crippen molar-refractivity contribution in [3.05, 3.63) is 29.3 Å². The number of hydrogen-bond acceptors (Lipinski definition) is 4. The summed E-state index contributed by atoms with van der Waals surface area (Å²) in [6.45, 7) is 7.47. The number of amides is 3. The van der Waals surface area contributed by atoms with Crippen LogP contribution in [-0.4, -0.2) is 29.9 Å². The molecule has 0 saturated heterocycles. The average Bonchev–Trinajstić information content (AvgIpc) is 2.45. The molecule has 0 radical (unpaired) electrons. The molecule has 0 spiro atoms. The van der Waals surface area contributed by atoms with Gasteiger partial charge in [-0.15, -0.1) is 0 Å². The van der Waals surface area contributed by atoms with Gasteiger partial charge in [-0.2, -0.15) is 0 Å². The van der Waals surface area contributed by atoms with Gasteiger partial charge in [0.05, 0.1) is 0 Å². The summed E-state index contributed by atoms with van der Waals surface area (Å²) in [6.07, 6.45) is -0.919. The highest BCUT2D eigenvalue weighted by molar-refractivity contribution is 6.06. The fourth-order valence-corrected chi connectivity index (χ4v) is 1.89. The highest BCUT2D eigenvalue weighted by atomic mass is 16.5. The van der Waals surface area contributed by atoms with Crippen molar-refractivity contribution in [1.29, 1.82) is 0 Å². The van der Waals surface area contributed by atoms with Crippen LogP contribution < -0.4 is 21.5 Å². The molecule has 0 aliphatic carbocycles. The second kappa shape index (κ2) is 7.62. The number of ether oxygens (including phenoxy) is 1. The van der Waals surface area contributed by atoms with Crippen LogP contribution in [-0.2, 0) is 14.4 Å². The molecule has 7 nitrogen and oxygen atoms in total. The summed E-state index contributed by atoms with van der Waals surface area (Å²) in [4.78, 5) is 34.2. The standard InChI is InChI=1S/C16H23N3O4/c1-8(2)11-6-5-9(3)12(7-11)23-10(4)16(22)19-13(14(17)20)15(18)21/h5-8,10,13H,1-4H3,(H2,17,20)(H2,18,21)(H,19,22). The third-order valence-electron chi connectivity index (χ3n) is 3.41. The van der Waals surface area contributed by atoms with Gasteiger partial charge in [0.1, 0.15) is 5.75 Å². The van der Waals surface area contributed by atoms with E-state index in [9.17, 15) is 14.4 Å². The zero-order valence-electron chi connectivity index (χ0n) is 13.8. The van der Waals surface area contributed by atoms with Gasteiger partial charge in [-0.05, 0) is 37.0 Å². The number of hydrogen-bond donors (Lipinski definition) is 3. The molecule has 0 heterocycles. The smallest absolute Gasteiger partial charge is 0.261 e. The third kappa shape index (κ3) is 4.98. The van der Waals surface area contributed by atoms with E-state index in [1.165, 1.54) is 6.92 Å². The Bertz CT molecular complexity index is 599. The summed E-state index contributed by atoms with van der Waals surface area (Å²) < 4.78 is 5.64. The van der Waals surface area contributed by atoms with E-state index in [0.29, 0.717) is 11.7 Å². The molecule has 3 amide bonds. The molecule has 0 aromatic heterocycles. The molecule has 0 fully saturated rings. The van der Waals surface area contributed by atoms with Crippen molar-refractivity contribution in [3.8, 4) is 5.75 Å². The zero-order chi connectivity index (χ0) is 17.7. The topological polar surface area (TPSA) is 125 Å². The molecule has 0 saturated carbocycles. The quantitative estimate of drug-likeness (QED) is 0.626. The summed E-state index contributed by atoms with van der Waals surface area (Å²) in [5.74, 6) is -1.81. The molecule has 1 aromatic carbocycles. The van der Waals surface area contributed by atoms with Crippen LogP contribution in [0.3, 0.4) is 0 Å². The van der Waals surface area contributed by atoms with Gasteiger partial charge in [-0.1, -0.05) is 26.0 Å². The lowest BCUT2D eigenvalue weighted by atomic mass is 10.0. The maximum atomic E-state index is 12.0. The molecule has 1 unspecified atom stereocenters.